The largest absolute Gasteiger partial charge is 0.300 e. The summed E-state index contributed by atoms with van der Waals surface area (Å²) in [7, 11) is 0. The van der Waals surface area contributed by atoms with E-state index in [1.807, 2.05) is 24.3 Å². The van der Waals surface area contributed by atoms with Gasteiger partial charge in [-0.25, -0.2) is 4.98 Å². The van der Waals surface area contributed by atoms with E-state index < -0.39 is 0 Å². The zero-order valence-electron chi connectivity index (χ0n) is 8.61. The molecule has 0 bridgehead atoms. The van der Waals surface area contributed by atoms with Crippen molar-refractivity contribution in [1.29, 1.82) is 0 Å². The van der Waals surface area contributed by atoms with E-state index >= 15 is 0 Å². The SMILES string of the molecule is O=c1[nH]c(SCc2ccccc2Cl)ncc1Br. The van der Waals surface area contributed by atoms with Crippen LogP contribution < -0.4 is 5.56 Å². The molecule has 0 aliphatic heterocycles. The molecule has 0 saturated heterocycles. The predicted molar refractivity (Wildman–Crippen MR) is 73.6 cm³/mol. The maximum absolute atomic E-state index is 11.3. The van der Waals surface area contributed by atoms with E-state index in [9.17, 15) is 4.79 Å². The molecule has 1 aromatic carbocycles. The number of nitrogens with zero attached hydrogens (tertiary/aromatic N) is 1. The quantitative estimate of drug-likeness (QED) is 0.692. The van der Waals surface area contributed by atoms with Gasteiger partial charge in [0.15, 0.2) is 5.16 Å². The summed E-state index contributed by atoms with van der Waals surface area (Å²) >= 11 is 10.6. The van der Waals surface area contributed by atoms with Gasteiger partial charge >= 0.3 is 0 Å². The molecule has 1 heterocycles. The minimum absolute atomic E-state index is 0.179. The molecule has 0 atom stereocenters. The van der Waals surface area contributed by atoms with Gasteiger partial charge in [0.05, 0.1) is 0 Å². The molecule has 3 nitrogen and oxygen atoms in total. The number of aromatic amines is 1. The van der Waals surface area contributed by atoms with Crippen molar-refractivity contribution in [2.45, 2.75) is 10.9 Å². The molecule has 2 aromatic rings. The lowest BCUT2D eigenvalue weighted by molar-refractivity contribution is 0.926. The number of aromatic nitrogens is 2. The molecule has 0 unspecified atom stereocenters. The van der Waals surface area contributed by atoms with Gasteiger partial charge in [-0.3, -0.25) is 4.79 Å². The van der Waals surface area contributed by atoms with Crippen LogP contribution in [0.1, 0.15) is 5.56 Å². The number of hydrogen-bond acceptors (Lipinski definition) is 3. The summed E-state index contributed by atoms with van der Waals surface area (Å²) < 4.78 is 0.430. The molecular formula is C11H8BrClN2OS. The fourth-order valence-electron chi connectivity index (χ4n) is 1.20. The summed E-state index contributed by atoms with van der Waals surface area (Å²) in [5.41, 5.74) is 0.839. The molecule has 0 amide bonds. The summed E-state index contributed by atoms with van der Waals surface area (Å²) in [4.78, 5) is 18.1. The summed E-state index contributed by atoms with van der Waals surface area (Å²) in [5, 5.41) is 1.30. The molecule has 17 heavy (non-hydrogen) atoms. The average Bonchev–Trinajstić information content (AvgIpc) is 2.32. The molecule has 0 fully saturated rings. The highest BCUT2D eigenvalue weighted by atomic mass is 79.9. The summed E-state index contributed by atoms with van der Waals surface area (Å²) in [6.45, 7) is 0. The van der Waals surface area contributed by atoms with Crippen molar-refractivity contribution in [1.82, 2.24) is 9.97 Å². The first-order valence-electron chi connectivity index (χ1n) is 4.78. The highest BCUT2D eigenvalue weighted by molar-refractivity contribution is 9.10. The second-order valence-corrected chi connectivity index (χ2v) is 5.47. The van der Waals surface area contributed by atoms with Crippen LogP contribution >= 0.6 is 39.3 Å². The van der Waals surface area contributed by atoms with Crippen molar-refractivity contribution < 1.29 is 0 Å². The van der Waals surface area contributed by atoms with E-state index in [-0.39, 0.29) is 5.56 Å². The lowest BCUT2D eigenvalue weighted by Crippen LogP contribution is -2.08. The van der Waals surface area contributed by atoms with Crippen LogP contribution in [0.25, 0.3) is 0 Å². The maximum atomic E-state index is 11.3. The van der Waals surface area contributed by atoms with Crippen LogP contribution in [0.2, 0.25) is 5.02 Å². The molecular weight excluding hydrogens is 324 g/mol. The maximum Gasteiger partial charge on any atom is 0.265 e. The third kappa shape index (κ3) is 3.34. The molecule has 0 aliphatic carbocycles. The normalized spacial score (nSPS) is 10.5. The number of thioether (sulfide) groups is 1. The molecule has 0 saturated carbocycles. The Bertz CT molecular complexity index is 588. The average molecular weight is 332 g/mol. The Morgan fingerprint density at radius 3 is 2.88 bits per heavy atom. The zero-order valence-corrected chi connectivity index (χ0v) is 11.8. The van der Waals surface area contributed by atoms with Crippen LogP contribution in [0, 0.1) is 0 Å². The Labute approximate surface area is 116 Å². The second kappa shape index (κ2) is 5.71. The molecule has 2 rings (SSSR count). The van der Waals surface area contributed by atoms with Crippen LogP contribution in [0.15, 0.2) is 44.9 Å². The summed E-state index contributed by atoms with van der Waals surface area (Å²) in [6.07, 6.45) is 1.49. The fraction of sp³-hybridized carbons (Fsp3) is 0.0909. The zero-order chi connectivity index (χ0) is 12.3. The van der Waals surface area contributed by atoms with Crippen molar-refractivity contribution in [3.63, 3.8) is 0 Å². The van der Waals surface area contributed by atoms with Gasteiger partial charge in [0.25, 0.3) is 5.56 Å². The molecule has 1 N–H and O–H groups in total. The highest BCUT2D eigenvalue weighted by Gasteiger charge is 2.03. The van der Waals surface area contributed by atoms with Crippen LogP contribution in [-0.4, -0.2) is 9.97 Å². The van der Waals surface area contributed by atoms with Crippen LogP contribution in [0.4, 0.5) is 0 Å². The van der Waals surface area contributed by atoms with Gasteiger partial charge < -0.3 is 4.98 Å². The summed E-state index contributed by atoms with van der Waals surface area (Å²) in [5.74, 6) is 0.671. The lowest BCUT2D eigenvalue weighted by atomic mass is 10.2. The first kappa shape index (κ1) is 12.7. The minimum atomic E-state index is -0.179. The van der Waals surface area contributed by atoms with Crippen LogP contribution in [0.5, 0.6) is 0 Å². The van der Waals surface area contributed by atoms with Gasteiger partial charge in [0, 0.05) is 17.0 Å². The first-order chi connectivity index (χ1) is 8.16. The van der Waals surface area contributed by atoms with Crippen molar-refractivity contribution in [2.24, 2.45) is 0 Å². The third-order valence-corrected chi connectivity index (χ3v) is 3.92. The lowest BCUT2D eigenvalue weighted by Gasteiger charge is -2.03. The van der Waals surface area contributed by atoms with E-state index in [1.54, 1.807) is 0 Å². The molecule has 1 aromatic heterocycles. The van der Waals surface area contributed by atoms with Crippen LogP contribution in [0.3, 0.4) is 0 Å². The van der Waals surface area contributed by atoms with Crippen LogP contribution in [-0.2, 0) is 5.75 Å². The molecule has 0 radical (unpaired) electrons. The molecule has 88 valence electrons. The second-order valence-electron chi connectivity index (χ2n) is 3.25. The number of hydrogen-bond donors (Lipinski definition) is 1. The van der Waals surface area contributed by atoms with Crippen molar-refractivity contribution in [3.8, 4) is 0 Å². The van der Waals surface area contributed by atoms with Gasteiger partial charge in [-0.1, -0.05) is 41.6 Å². The van der Waals surface area contributed by atoms with Gasteiger partial charge in [0.2, 0.25) is 0 Å². The summed E-state index contributed by atoms with van der Waals surface area (Å²) in [6, 6.07) is 7.61. The van der Waals surface area contributed by atoms with E-state index in [2.05, 4.69) is 25.9 Å². The predicted octanol–water partition coefficient (Wildman–Crippen LogP) is 3.48. The first-order valence-corrected chi connectivity index (χ1v) is 6.93. The van der Waals surface area contributed by atoms with Gasteiger partial charge in [-0.15, -0.1) is 0 Å². The van der Waals surface area contributed by atoms with Crippen molar-refractivity contribution in [2.75, 3.05) is 0 Å². The van der Waals surface area contributed by atoms with E-state index in [0.717, 1.165) is 10.6 Å². The number of H-pyrrole nitrogens is 1. The Morgan fingerprint density at radius 2 is 2.18 bits per heavy atom. The van der Waals surface area contributed by atoms with E-state index in [1.165, 1.54) is 18.0 Å². The van der Waals surface area contributed by atoms with E-state index in [0.29, 0.717) is 15.4 Å². The monoisotopic (exact) mass is 330 g/mol. The molecule has 0 spiro atoms. The Hall–Kier alpha value is -0.780. The minimum Gasteiger partial charge on any atom is -0.300 e. The standard InChI is InChI=1S/C11H8BrClN2OS/c12-8-5-14-11(15-10(8)16)17-6-7-3-1-2-4-9(7)13/h1-5H,6H2,(H,14,15,16). The fourth-order valence-corrected chi connectivity index (χ4v) is 2.52. The Balaban J connectivity index is 2.10. The van der Waals surface area contributed by atoms with Gasteiger partial charge in [-0.05, 0) is 27.6 Å². The Morgan fingerprint density at radius 1 is 1.41 bits per heavy atom. The van der Waals surface area contributed by atoms with Gasteiger partial charge in [-0.2, -0.15) is 0 Å². The number of nitrogens with one attached hydrogen (secondary N) is 1. The Kier molecular flexibility index (Phi) is 4.25. The highest BCUT2D eigenvalue weighted by Crippen LogP contribution is 2.23. The molecule has 6 heteroatoms. The number of halogens is 2. The van der Waals surface area contributed by atoms with Crippen molar-refractivity contribution >= 4 is 39.3 Å². The third-order valence-electron chi connectivity index (χ3n) is 2.05. The van der Waals surface area contributed by atoms with Crippen molar-refractivity contribution in [3.05, 3.63) is 55.9 Å². The molecule has 0 aliphatic rings. The topological polar surface area (TPSA) is 45.8 Å². The number of benzene rings is 1. The van der Waals surface area contributed by atoms with Gasteiger partial charge in [0.1, 0.15) is 4.47 Å². The van der Waals surface area contributed by atoms with E-state index in [4.69, 9.17) is 11.6 Å². The smallest absolute Gasteiger partial charge is 0.265 e. The number of rotatable bonds is 3.